The fraction of sp³-hybridized carbons (Fsp3) is 0.345. The molecule has 0 bridgehead atoms. The third-order valence-electron chi connectivity index (χ3n) is 6.71. The van der Waals surface area contributed by atoms with Gasteiger partial charge in [0.25, 0.3) is 0 Å². The van der Waals surface area contributed by atoms with Crippen molar-refractivity contribution in [3.63, 3.8) is 0 Å². The number of anilines is 1. The van der Waals surface area contributed by atoms with Crippen molar-refractivity contribution in [2.75, 3.05) is 12.3 Å². The van der Waals surface area contributed by atoms with Gasteiger partial charge in [-0.05, 0) is 67.4 Å². The Hall–Kier alpha value is -3.83. The monoisotopic (exact) mass is 592 g/mol. The minimum absolute atomic E-state index is 0. The minimum atomic E-state index is -4.77. The topological polar surface area (TPSA) is 134 Å². The number of rotatable bonds is 10. The van der Waals surface area contributed by atoms with Crippen molar-refractivity contribution in [3.8, 4) is 22.8 Å². The Balaban J connectivity index is 0.00000462. The maximum absolute atomic E-state index is 14.5. The second kappa shape index (κ2) is 13.7. The smallest absolute Gasteiger partial charge is 0.429 e. The summed E-state index contributed by atoms with van der Waals surface area (Å²) in [7, 11) is 0. The van der Waals surface area contributed by atoms with Crippen LogP contribution in [0.3, 0.4) is 0 Å². The number of aromatic nitrogens is 2. The maximum atomic E-state index is 14.5. The molecule has 0 amide bonds. The van der Waals surface area contributed by atoms with Gasteiger partial charge in [-0.25, -0.2) is 4.98 Å². The van der Waals surface area contributed by atoms with Crippen LogP contribution in [-0.4, -0.2) is 39.9 Å². The fourth-order valence-electron chi connectivity index (χ4n) is 4.80. The van der Waals surface area contributed by atoms with Crippen LogP contribution in [-0.2, 0) is 4.79 Å². The molecule has 1 aliphatic rings. The highest BCUT2D eigenvalue weighted by Crippen LogP contribution is 2.42. The molecule has 4 rings (SSSR count). The lowest BCUT2D eigenvalue weighted by Gasteiger charge is -2.25. The number of alkyl halides is 3. The van der Waals surface area contributed by atoms with Gasteiger partial charge in [0.05, 0.1) is 12.3 Å². The Morgan fingerprint density at radius 3 is 2.56 bits per heavy atom. The predicted molar refractivity (Wildman–Crippen MR) is 152 cm³/mol. The summed E-state index contributed by atoms with van der Waals surface area (Å²) < 4.78 is 54.4. The summed E-state index contributed by atoms with van der Waals surface area (Å²) in [4.78, 5) is 19.2. The number of hydrogen-bond acceptors (Lipinski definition) is 7. The van der Waals surface area contributed by atoms with Crippen LogP contribution in [0, 0.1) is 5.92 Å². The molecule has 0 saturated heterocycles. The van der Waals surface area contributed by atoms with Gasteiger partial charge in [-0.15, -0.1) is 12.4 Å². The summed E-state index contributed by atoms with van der Waals surface area (Å²) in [5.41, 5.74) is 13.5. The third kappa shape index (κ3) is 8.11. The second-order valence-electron chi connectivity index (χ2n) is 9.59. The van der Waals surface area contributed by atoms with Crippen LogP contribution < -0.4 is 20.9 Å². The zero-order valence-electron chi connectivity index (χ0n) is 22.3. The van der Waals surface area contributed by atoms with Crippen LogP contribution in [0.25, 0.3) is 16.7 Å². The number of ether oxygens (including phenoxy) is 2. The summed E-state index contributed by atoms with van der Waals surface area (Å²) in [5, 5.41) is 9.06. The zero-order chi connectivity index (χ0) is 28.9. The number of allylic oxidation sites excluding steroid dienone is 2. The van der Waals surface area contributed by atoms with Gasteiger partial charge >= 0.3 is 12.1 Å². The maximum Gasteiger partial charge on any atom is 0.429 e. The largest absolute Gasteiger partial charge is 0.494 e. The molecular weight excluding hydrogens is 561 g/mol. The first-order valence-electron chi connectivity index (χ1n) is 12.9. The molecule has 1 aliphatic carbocycles. The van der Waals surface area contributed by atoms with E-state index in [4.69, 9.17) is 26.0 Å². The first kappa shape index (κ1) is 31.7. The number of carboxylic acids is 1. The first-order valence-corrected chi connectivity index (χ1v) is 12.9. The highest BCUT2D eigenvalue weighted by atomic mass is 35.5. The number of carbonyl (C=O) groups is 1. The molecular formula is C29H32ClF3N4O4. The summed E-state index contributed by atoms with van der Waals surface area (Å²) in [5.74, 6) is -0.957. The van der Waals surface area contributed by atoms with Crippen molar-refractivity contribution in [2.45, 2.75) is 50.9 Å². The average Bonchev–Trinajstić information content (AvgIpc) is 2.91. The third-order valence-corrected chi connectivity index (χ3v) is 6.71. The molecule has 3 aromatic rings. The van der Waals surface area contributed by atoms with Gasteiger partial charge in [0.2, 0.25) is 17.9 Å². The number of halogens is 4. The molecule has 1 heterocycles. The number of aliphatic carboxylic acids is 1. The quantitative estimate of drug-likeness (QED) is 0.253. The van der Waals surface area contributed by atoms with Crippen molar-refractivity contribution < 1.29 is 32.5 Å². The van der Waals surface area contributed by atoms with Crippen LogP contribution in [0.2, 0.25) is 0 Å². The van der Waals surface area contributed by atoms with Gasteiger partial charge in [-0.3, -0.25) is 4.79 Å². The fourth-order valence-corrected chi connectivity index (χ4v) is 4.80. The number of benzene rings is 2. The molecule has 3 atom stereocenters. The van der Waals surface area contributed by atoms with Crippen molar-refractivity contribution in [1.82, 2.24) is 9.97 Å². The Bertz CT molecular complexity index is 1390. The lowest BCUT2D eigenvalue weighted by Crippen LogP contribution is -2.32. The van der Waals surface area contributed by atoms with E-state index >= 15 is 0 Å². The van der Waals surface area contributed by atoms with Gasteiger partial charge in [0.1, 0.15) is 11.8 Å². The molecule has 2 aromatic carbocycles. The number of carboxylic acid groups (broad SMARTS) is 1. The van der Waals surface area contributed by atoms with E-state index in [2.05, 4.69) is 9.97 Å². The molecule has 12 heteroatoms. The van der Waals surface area contributed by atoms with Gasteiger partial charge < -0.3 is 26.0 Å². The molecule has 220 valence electrons. The summed E-state index contributed by atoms with van der Waals surface area (Å²) in [6.07, 6.45) is -3.12. The Kier molecular flexibility index (Phi) is 10.6. The Morgan fingerprint density at radius 2 is 1.90 bits per heavy atom. The molecule has 1 aromatic heterocycles. The van der Waals surface area contributed by atoms with Crippen LogP contribution in [0.4, 0.5) is 19.1 Å². The minimum Gasteiger partial charge on any atom is -0.494 e. The second-order valence-corrected chi connectivity index (χ2v) is 9.59. The van der Waals surface area contributed by atoms with Crippen LogP contribution in [0.5, 0.6) is 11.6 Å². The van der Waals surface area contributed by atoms with Gasteiger partial charge in [-0.1, -0.05) is 42.5 Å². The predicted octanol–water partition coefficient (Wildman–Crippen LogP) is 6.21. The van der Waals surface area contributed by atoms with Gasteiger partial charge in [0.15, 0.2) is 0 Å². The van der Waals surface area contributed by atoms with Gasteiger partial charge in [-0.2, -0.15) is 18.2 Å². The van der Waals surface area contributed by atoms with E-state index in [1.807, 2.05) is 13.0 Å². The Morgan fingerprint density at radius 1 is 1.15 bits per heavy atom. The standard InChI is InChI=1S/C29H31F3N4O4.ClH/c1-2-39-20-7-5-6-19(15-20)21-8-3-4-9-22(21)26(29(30,31)32)40-25-16-24(35-28(34)36-25)18-12-10-17(11-13-18)14-23(33)27(37)38;/h3-9,12,15-17,23,26H,2,10-11,13-14,33H2,1H3,(H,37,38)(H2,34,35,36);1H/t17?,23-,26+;/m0./s1. The first-order chi connectivity index (χ1) is 19.0. The highest BCUT2D eigenvalue weighted by Gasteiger charge is 2.44. The number of nitrogen functional groups attached to an aromatic ring is 1. The van der Waals surface area contributed by atoms with E-state index < -0.39 is 24.3 Å². The molecule has 0 saturated carbocycles. The Labute approximate surface area is 242 Å². The number of nitrogens with two attached hydrogens (primary N) is 2. The molecule has 0 fully saturated rings. The average molecular weight is 593 g/mol. The zero-order valence-corrected chi connectivity index (χ0v) is 23.1. The van der Waals surface area contributed by atoms with E-state index in [1.165, 1.54) is 18.2 Å². The van der Waals surface area contributed by atoms with E-state index in [0.29, 0.717) is 54.9 Å². The molecule has 8 nitrogen and oxygen atoms in total. The lowest BCUT2D eigenvalue weighted by atomic mass is 9.84. The van der Waals surface area contributed by atoms with Crippen LogP contribution in [0.15, 0.2) is 60.7 Å². The van der Waals surface area contributed by atoms with Crippen LogP contribution >= 0.6 is 12.4 Å². The van der Waals surface area contributed by atoms with E-state index in [9.17, 15) is 18.0 Å². The van der Waals surface area contributed by atoms with E-state index in [-0.39, 0.29) is 35.7 Å². The lowest BCUT2D eigenvalue weighted by molar-refractivity contribution is -0.198. The van der Waals surface area contributed by atoms with Crippen LogP contribution in [0.1, 0.15) is 50.0 Å². The van der Waals surface area contributed by atoms with Crippen molar-refractivity contribution in [3.05, 3.63) is 71.9 Å². The number of nitrogens with zero attached hydrogens (tertiary/aromatic N) is 2. The van der Waals surface area contributed by atoms with Gasteiger partial charge in [0, 0.05) is 11.6 Å². The SMILES string of the molecule is CCOc1cccc(-c2ccccc2[C@@H](Oc2cc(C3=CCC(C[C@H](N)C(=O)O)CC3)nc(N)n2)C(F)(F)F)c1.Cl. The molecule has 41 heavy (non-hydrogen) atoms. The normalized spacial score (nSPS) is 16.6. The van der Waals surface area contributed by atoms with E-state index in [1.54, 1.807) is 36.4 Å². The van der Waals surface area contributed by atoms with E-state index in [0.717, 1.165) is 5.57 Å². The highest BCUT2D eigenvalue weighted by molar-refractivity contribution is 5.85. The number of hydrogen-bond donors (Lipinski definition) is 3. The summed E-state index contributed by atoms with van der Waals surface area (Å²) >= 11 is 0. The van der Waals surface area contributed by atoms with Crippen molar-refractivity contribution in [1.29, 1.82) is 0 Å². The molecule has 0 spiro atoms. The van der Waals surface area contributed by atoms with Crippen molar-refractivity contribution in [2.24, 2.45) is 11.7 Å². The van der Waals surface area contributed by atoms with Crippen molar-refractivity contribution >= 4 is 29.9 Å². The summed E-state index contributed by atoms with van der Waals surface area (Å²) in [6.45, 7) is 2.25. The molecule has 0 aliphatic heterocycles. The molecule has 5 N–H and O–H groups in total. The summed E-state index contributed by atoms with van der Waals surface area (Å²) in [6, 6.07) is 13.4. The molecule has 0 radical (unpaired) electrons. The molecule has 1 unspecified atom stereocenters.